The average molecular weight is 432 g/mol. The third-order valence-electron chi connectivity index (χ3n) is 5.46. The van der Waals surface area contributed by atoms with Gasteiger partial charge in [-0.05, 0) is 36.0 Å². The Hall–Kier alpha value is -2.70. The Bertz CT molecular complexity index is 1190. The van der Waals surface area contributed by atoms with Crippen LogP contribution in [0.2, 0.25) is 0 Å². The zero-order valence-corrected chi connectivity index (χ0v) is 18.0. The second-order valence-corrected chi connectivity index (χ2v) is 9.20. The number of carbonyl (C=O) groups is 1. The summed E-state index contributed by atoms with van der Waals surface area (Å²) in [5, 5.41) is 7.25. The Morgan fingerprint density at radius 1 is 1.10 bits per heavy atom. The number of nitrogens with zero attached hydrogens (tertiary/aromatic N) is 2. The first-order chi connectivity index (χ1) is 14.8. The normalized spacial score (nSPS) is 15.7. The highest BCUT2D eigenvalue weighted by molar-refractivity contribution is 8.00. The molecule has 4 nitrogen and oxygen atoms in total. The van der Waals surface area contributed by atoms with Gasteiger partial charge in [0, 0.05) is 10.9 Å². The van der Waals surface area contributed by atoms with Gasteiger partial charge in [-0.1, -0.05) is 66.4 Å². The van der Waals surface area contributed by atoms with Gasteiger partial charge in [0.2, 0.25) is 5.91 Å². The fourth-order valence-corrected chi connectivity index (χ4v) is 5.87. The monoisotopic (exact) mass is 431 g/mol. The van der Waals surface area contributed by atoms with E-state index in [0.29, 0.717) is 5.75 Å². The first-order valence-corrected chi connectivity index (χ1v) is 11.9. The van der Waals surface area contributed by atoms with E-state index in [1.165, 1.54) is 22.9 Å². The highest BCUT2D eigenvalue weighted by Crippen LogP contribution is 2.37. The number of nitrogens with one attached hydrogen (secondary N) is 1. The molecule has 0 saturated carbocycles. The van der Waals surface area contributed by atoms with Gasteiger partial charge in [-0.15, -0.1) is 11.3 Å². The minimum absolute atomic E-state index is 0.0463. The third-order valence-corrected chi connectivity index (χ3v) is 7.34. The minimum Gasteiger partial charge on any atom is -0.349 e. The largest absolute Gasteiger partial charge is 0.349 e. The van der Waals surface area contributed by atoms with E-state index >= 15 is 0 Å². The van der Waals surface area contributed by atoms with E-state index < -0.39 is 0 Å². The van der Waals surface area contributed by atoms with Crippen molar-refractivity contribution in [1.29, 1.82) is 0 Å². The van der Waals surface area contributed by atoms with Crippen molar-refractivity contribution >= 4 is 39.2 Å². The summed E-state index contributed by atoms with van der Waals surface area (Å²) in [7, 11) is 0. The second-order valence-electron chi connectivity index (χ2n) is 7.37. The van der Waals surface area contributed by atoms with Crippen LogP contribution < -0.4 is 5.32 Å². The number of carbonyl (C=O) groups excluding carboxylic acids is 1. The molecule has 1 aliphatic rings. The van der Waals surface area contributed by atoms with E-state index in [2.05, 4.69) is 57.1 Å². The van der Waals surface area contributed by atoms with Crippen molar-refractivity contribution in [2.45, 2.75) is 30.3 Å². The molecule has 0 bridgehead atoms. The van der Waals surface area contributed by atoms with E-state index in [4.69, 9.17) is 0 Å². The van der Waals surface area contributed by atoms with Crippen LogP contribution >= 0.6 is 23.1 Å². The zero-order valence-electron chi connectivity index (χ0n) is 16.4. The van der Waals surface area contributed by atoms with Crippen LogP contribution in [0.1, 0.15) is 30.0 Å². The Morgan fingerprint density at radius 2 is 1.93 bits per heavy atom. The lowest BCUT2D eigenvalue weighted by molar-refractivity contribution is -0.119. The van der Waals surface area contributed by atoms with E-state index in [1.807, 2.05) is 18.2 Å². The molecule has 2 aromatic heterocycles. The highest BCUT2D eigenvalue weighted by atomic mass is 32.2. The number of aromatic nitrogens is 2. The molecule has 30 heavy (non-hydrogen) atoms. The summed E-state index contributed by atoms with van der Waals surface area (Å²) in [6.45, 7) is 0. The molecule has 0 saturated heterocycles. The van der Waals surface area contributed by atoms with Crippen molar-refractivity contribution in [3.8, 4) is 11.1 Å². The Morgan fingerprint density at radius 3 is 2.83 bits per heavy atom. The standard InChI is InChI=1S/C24H21N3OS2/c28-21(27-20-12-6-10-16-9-4-5-11-18(16)20)14-30-24-22-19(17-7-2-1-3-8-17)13-29-23(22)25-15-26-24/h1-5,7-9,11,13,15,20H,6,10,12,14H2,(H,27,28)/t20-/m1/s1. The molecular weight excluding hydrogens is 410 g/mol. The van der Waals surface area contributed by atoms with E-state index in [1.54, 1.807) is 17.7 Å². The van der Waals surface area contributed by atoms with Crippen molar-refractivity contribution in [1.82, 2.24) is 15.3 Å². The fraction of sp³-hybridized carbons (Fsp3) is 0.208. The smallest absolute Gasteiger partial charge is 0.230 e. The third kappa shape index (κ3) is 3.85. The zero-order chi connectivity index (χ0) is 20.3. The molecule has 1 atom stereocenters. The number of hydrogen-bond donors (Lipinski definition) is 1. The molecule has 1 aliphatic carbocycles. The molecule has 2 heterocycles. The predicted octanol–water partition coefficient (Wildman–Crippen LogP) is 5.64. The number of rotatable bonds is 5. The molecule has 0 spiro atoms. The average Bonchev–Trinajstić information content (AvgIpc) is 3.23. The van der Waals surface area contributed by atoms with Crippen LogP contribution in [0.3, 0.4) is 0 Å². The summed E-state index contributed by atoms with van der Waals surface area (Å²) in [6.07, 6.45) is 4.78. The maximum Gasteiger partial charge on any atom is 0.230 e. The summed E-state index contributed by atoms with van der Waals surface area (Å²) in [5.41, 5.74) is 4.88. The van der Waals surface area contributed by atoms with Gasteiger partial charge < -0.3 is 5.32 Å². The van der Waals surface area contributed by atoms with Crippen LogP contribution in [0.5, 0.6) is 0 Å². The van der Waals surface area contributed by atoms with Gasteiger partial charge in [0.05, 0.1) is 17.2 Å². The molecule has 4 aromatic rings. The van der Waals surface area contributed by atoms with E-state index in [0.717, 1.165) is 45.6 Å². The van der Waals surface area contributed by atoms with Crippen molar-refractivity contribution < 1.29 is 4.79 Å². The lowest BCUT2D eigenvalue weighted by atomic mass is 9.88. The fourth-order valence-electron chi connectivity index (χ4n) is 4.06. The molecule has 6 heteroatoms. The molecule has 150 valence electrons. The predicted molar refractivity (Wildman–Crippen MR) is 124 cm³/mol. The Balaban J connectivity index is 1.34. The molecule has 5 rings (SSSR count). The van der Waals surface area contributed by atoms with Crippen LogP contribution in [0, 0.1) is 0 Å². The van der Waals surface area contributed by atoms with Crippen molar-refractivity contribution in [2.75, 3.05) is 5.75 Å². The number of aryl methyl sites for hydroxylation is 1. The molecular formula is C24H21N3OS2. The van der Waals surface area contributed by atoms with Gasteiger partial charge in [-0.25, -0.2) is 9.97 Å². The summed E-state index contributed by atoms with van der Waals surface area (Å²) >= 11 is 3.10. The van der Waals surface area contributed by atoms with Crippen LogP contribution in [0.15, 0.2) is 71.3 Å². The quantitative estimate of drug-likeness (QED) is 0.328. The van der Waals surface area contributed by atoms with Gasteiger partial charge in [0.1, 0.15) is 16.2 Å². The first kappa shape index (κ1) is 19.3. The number of amides is 1. The van der Waals surface area contributed by atoms with Gasteiger partial charge in [-0.3, -0.25) is 4.79 Å². The molecule has 1 amide bonds. The Labute approximate surface area is 183 Å². The number of benzene rings is 2. The van der Waals surface area contributed by atoms with Crippen LogP contribution in [0.4, 0.5) is 0 Å². The molecule has 0 unspecified atom stereocenters. The van der Waals surface area contributed by atoms with Gasteiger partial charge in [0.25, 0.3) is 0 Å². The summed E-state index contributed by atoms with van der Waals surface area (Å²) in [6, 6.07) is 18.8. The number of fused-ring (bicyclic) bond motifs is 2. The molecule has 2 aromatic carbocycles. The first-order valence-electron chi connectivity index (χ1n) is 10.1. The molecule has 0 radical (unpaired) electrons. The molecule has 0 aliphatic heterocycles. The summed E-state index contributed by atoms with van der Waals surface area (Å²) < 4.78 is 0. The molecule has 1 N–H and O–H groups in total. The van der Waals surface area contributed by atoms with E-state index in [-0.39, 0.29) is 11.9 Å². The lowest BCUT2D eigenvalue weighted by Crippen LogP contribution is -2.32. The van der Waals surface area contributed by atoms with Crippen molar-refractivity contribution in [3.63, 3.8) is 0 Å². The van der Waals surface area contributed by atoms with Crippen molar-refractivity contribution in [2.24, 2.45) is 0 Å². The lowest BCUT2D eigenvalue weighted by Gasteiger charge is -2.26. The summed E-state index contributed by atoms with van der Waals surface area (Å²) in [4.78, 5) is 22.6. The van der Waals surface area contributed by atoms with Crippen LogP contribution in [-0.2, 0) is 11.2 Å². The SMILES string of the molecule is O=C(CSc1ncnc2scc(-c3ccccc3)c12)N[C@@H]1CCCc2ccccc21. The molecule has 0 fully saturated rings. The van der Waals surface area contributed by atoms with E-state index in [9.17, 15) is 4.79 Å². The topological polar surface area (TPSA) is 54.9 Å². The van der Waals surface area contributed by atoms with Crippen LogP contribution in [-0.4, -0.2) is 21.6 Å². The number of hydrogen-bond acceptors (Lipinski definition) is 5. The maximum atomic E-state index is 12.8. The number of thioether (sulfide) groups is 1. The highest BCUT2D eigenvalue weighted by Gasteiger charge is 2.22. The maximum absolute atomic E-state index is 12.8. The second kappa shape index (κ2) is 8.58. The van der Waals surface area contributed by atoms with Gasteiger partial charge in [-0.2, -0.15) is 0 Å². The summed E-state index contributed by atoms with van der Waals surface area (Å²) in [5.74, 6) is 0.388. The Kier molecular flexibility index (Phi) is 5.51. The van der Waals surface area contributed by atoms with Crippen molar-refractivity contribution in [3.05, 3.63) is 77.4 Å². The minimum atomic E-state index is 0.0463. The van der Waals surface area contributed by atoms with Gasteiger partial charge in [0.15, 0.2) is 0 Å². The number of thiophene rings is 1. The van der Waals surface area contributed by atoms with Gasteiger partial charge >= 0.3 is 0 Å². The van der Waals surface area contributed by atoms with Crippen LogP contribution in [0.25, 0.3) is 21.3 Å².